The molecule has 0 saturated heterocycles. The monoisotopic (exact) mass is 594 g/mol. The number of fused-ring (bicyclic) bond motifs is 6. The molecule has 0 saturated carbocycles. The second-order valence-electron chi connectivity index (χ2n) is 12.2. The largest absolute Gasteiger partial charge is 0.399 e. The van der Waals surface area contributed by atoms with Crippen molar-refractivity contribution in [1.29, 1.82) is 0 Å². The van der Waals surface area contributed by atoms with E-state index in [0.717, 1.165) is 55.1 Å². The predicted molar refractivity (Wildman–Crippen MR) is 187 cm³/mol. The summed E-state index contributed by atoms with van der Waals surface area (Å²) in [6.07, 6.45) is 2.03. The van der Waals surface area contributed by atoms with E-state index in [2.05, 4.69) is 95.5 Å². The summed E-state index contributed by atoms with van der Waals surface area (Å²) in [4.78, 5) is 5.10. The highest BCUT2D eigenvalue weighted by Crippen LogP contribution is 2.41. The molecule has 234 valence electrons. The first kappa shape index (κ1) is 32.9. The van der Waals surface area contributed by atoms with Crippen LogP contribution in [0.25, 0.3) is 0 Å². The fraction of sp³-hybridized carbons (Fsp3) is 0.368. The highest BCUT2D eigenvalue weighted by Gasteiger charge is 2.31. The van der Waals surface area contributed by atoms with Crippen LogP contribution in [0, 0.1) is 34.6 Å². The van der Waals surface area contributed by atoms with Crippen molar-refractivity contribution >= 4 is 22.7 Å². The Morgan fingerprint density at radius 1 is 0.614 bits per heavy atom. The van der Waals surface area contributed by atoms with E-state index in [1.165, 1.54) is 55.9 Å². The Labute approximate surface area is 264 Å². The van der Waals surface area contributed by atoms with Gasteiger partial charge in [-0.25, -0.2) is 0 Å². The molecule has 0 atom stereocenters. The molecular weight excluding hydrogens is 544 g/mol. The first-order valence-electron chi connectivity index (χ1n) is 15.4. The maximum atomic E-state index is 5.81. The van der Waals surface area contributed by atoms with Crippen LogP contribution >= 0.6 is 0 Å². The lowest BCUT2D eigenvalue weighted by atomic mass is 9.94. The van der Waals surface area contributed by atoms with E-state index in [1.807, 2.05) is 26.0 Å². The van der Waals surface area contributed by atoms with E-state index in [-0.39, 0.29) is 0 Å². The summed E-state index contributed by atoms with van der Waals surface area (Å²) in [7, 11) is 3.17. The van der Waals surface area contributed by atoms with Crippen molar-refractivity contribution in [3.63, 3.8) is 0 Å². The van der Waals surface area contributed by atoms with Crippen LogP contribution in [0.15, 0.2) is 60.7 Å². The van der Waals surface area contributed by atoms with Crippen LogP contribution in [0.2, 0.25) is 0 Å². The number of rotatable bonds is 5. The number of anilines is 4. The highest BCUT2D eigenvalue weighted by atomic mass is 16.6. The second kappa shape index (κ2) is 14.7. The van der Waals surface area contributed by atoms with Crippen LogP contribution in [0.1, 0.15) is 62.6 Å². The van der Waals surface area contributed by atoms with E-state index in [9.17, 15) is 0 Å². The molecule has 4 aromatic rings. The van der Waals surface area contributed by atoms with Crippen molar-refractivity contribution in [3.8, 4) is 0 Å². The van der Waals surface area contributed by atoms with Gasteiger partial charge in [-0.2, -0.15) is 0 Å². The van der Waals surface area contributed by atoms with Gasteiger partial charge in [-0.05, 0) is 110 Å². The number of nitrogens with two attached hydrogens (primary N) is 2. The summed E-state index contributed by atoms with van der Waals surface area (Å²) in [6.45, 7) is 16.5. The highest BCUT2D eigenvalue weighted by molar-refractivity contribution is 5.72. The van der Waals surface area contributed by atoms with E-state index in [4.69, 9.17) is 11.5 Å². The zero-order valence-corrected chi connectivity index (χ0v) is 27.9. The van der Waals surface area contributed by atoms with Gasteiger partial charge in [-0.15, -0.1) is 0 Å². The lowest BCUT2D eigenvalue weighted by Gasteiger charge is -2.46. The van der Waals surface area contributed by atoms with Crippen molar-refractivity contribution in [3.05, 3.63) is 116 Å². The Morgan fingerprint density at radius 2 is 1.09 bits per heavy atom. The lowest BCUT2D eigenvalue weighted by Crippen LogP contribution is -2.46. The van der Waals surface area contributed by atoms with Gasteiger partial charge < -0.3 is 30.7 Å². The molecule has 4 aromatic carbocycles. The average molecular weight is 595 g/mol. The average Bonchev–Trinajstić information content (AvgIpc) is 2.97. The predicted octanol–water partition coefficient (Wildman–Crippen LogP) is 7.77. The molecule has 0 spiro atoms. The second-order valence-corrected chi connectivity index (χ2v) is 12.2. The molecule has 0 amide bonds. The molecule has 4 N–H and O–H groups in total. The van der Waals surface area contributed by atoms with E-state index in [1.54, 1.807) is 14.2 Å². The van der Waals surface area contributed by atoms with E-state index >= 15 is 0 Å². The van der Waals surface area contributed by atoms with Crippen LogP contribution < -0.4 is 21.3 Å². The summed E-state index contributed by atoms with van der Waals surface area (Å²) in [5, 5.41) is 0. The normalized spacial score (nSPS) is 12.8. The summed E-state index contributed by atoms with van der Waals surface area (Å²) in [5.74, 6) is 0. The zero-order chi connectivity index (χ0) is 32.0. The molecule has 6 heteroatoms. The molecule has 0 unspecified atom stereocenters. The standard InChI is InChI=1S/C20H24N2.C15H18N2.C3H8O2/c1-5-16-8-15(4)20-18(9-16)11-22-12-21(20)10-17-7-13(2)6-14(3)19(17)22;1-10-7-12(3-5-14(10)16)9-13-4-6-15(17)11(2)8-13;1-4-3-5-2/h6-9H,5,10-12H2,1-4H3;3-8H,9,16-17H2,1-2H3;3H2,1-2H3. The Kier molecular flexibility index (Phi) is 11.0. The molecule has 2 heterocycles. The van der Waals surface area contributed by atoms with Crippen molar-refractivity contribution in [2.75, 3.05) is 48.9 Å². The molecule has 6 nitrogen and oxygen atoms in total. The third-order valence-electron chi connectivity index (χ3n) is 8.38. The van der Waals surface area contributed by atoms with Crippen LogP contribution in [0.3, 0.4) is 0 Å². The van der Waals surface area contributed by atoms with Crippen LogP contribution in [-0.4, -0.2) is 27.7 Å². The van der Waals surface area contributed by atoms with Crippen molar-refractivity contribution in [1.82, 2.24) is 0 Å². The summed E-state index contributed by atoms with van der Waals surface area (Å²) < 4.78 is 8.94. The minimum absolute atomic E-state index is 0.389. The Hall–Kier alpha value is -4.00. The van der Waals surface area contributed by atoms with Crippen LogP contribution in [0.4, 0.5) is 22.7 Å². The van der Waals surface area contributed by atoms with Gasteiger partial charge in [-0.1, -0.05) is 61.0 Å². The Balaban J connectivity index is 0.000000179. The van der Waals surface area contributed by atoms with Gasteiger partial charge in [0.1, 0.15) is 6.79 Å². The molecule has 0 radical (unpaired) electrons. The Morgan fingerprint density at radius 3 is 1.55 bits per heavy atom. The molecule has 0 aromatic heterocycles. The Bertz CT molecular complexity index is 1550. The maximum Gasteiger partial charge on any atom is 0.145 e. The number of methoxy groups -OCH3 is 2. The summed E-state index contributed by atoms with van der Waals surface area (Å²) in [5.41, 5.74) is 29.7. The minimum atomic E-state index is 0.389. The number of hydrogen-bond acceptors (Lipinski definition) is 6. The van der Waals surface area contributed by atoms with Gasteiger partial charge in [-0.3, -0.25) is 0 Å². The zero-order valence-electron chi connectivity index (χ0n) is 27.9. The topological polar surface area (TPSA) is 77.0 Å². The molecule has 2 bridgehead atoms. The van der Waals surface area contributed by atoms with E-state index < -0.39 is 0 Å². The molecule has 6 rings (SSSR count). The SMILES string of the molecule is CCc1cc(C)c2c(c1)CN1CN2Cc2cc(C)cc(C)c21.COCOC.Cc1cc(Cc2ccc(N)c(C)c2)ccc1N. The van der Waals surface area contributed by atoms with Gasteiger partial charge >= 0.3 is 0 Å². The quantitative estimate of drug-likeness (QED) is 0.182. The van der Waals surface area contributed by atoms with Crippen molar-refractivity contribution in [2.45, 2.75) is 67.5 Å². The van der Waals surface area contributed by atoms with E-state index in [0.29, 0.717) is 6.79 Å². The van der Waals surface area contributed by atoms with Gasteiger partial charge in [0.15, 0.2) is 0 Å². The fourth-order valence-electron chi connectivity index (χ4n) is 6.40. The molecule has 0 fully saturated rings. The number of nitrogen functional groups attached to an aromatic ring is 2. The van der Waals surface area contributed by atoms with Crippen LogP contribution in [-0.2, 0) is 35.4 Å². The molecule has 2 aliphatic heterocycles. The molecular formula is C38H50N4O2. The minimum Gasteiger partial charge on any atom is -0.399 e. The van der Waals surface area contributed by atoms with Crippen molar-refractivity contribution in [2.24, 2.45) is 0 Å². The van der Waals surface area contributed by atoms with Gasteiger partial charge in [0.2, 0.25) is 0 Å². The van der Waals surface area contributed by atoms with Gasteiger partial charge in [0, 0.05) is 50.1 Å². The van der Waals surface area contributed by atoms with Gasteiger partial charge in [0.05, 0.1) is 6.67 Å². The van der Waals surface area contributed by atoms with Crippen LogP contribution in [0.5, 0.6) is 0 Å². The first-order chi connectivity index (χ1) is 21.0. The fourth-order valence-corrected chi connectivity index (χ4v) is 6.40. The number of hydrogen-bond donors (Lipinski definition) is 2. The summed E-state index contributed by atoms with van der Waals surface area (Å²) in [6, 6.07) is 21.8. The first-order valence-corrected chi connectivity index (χ1v) is 15.4. The molecule has 2 aliphatic rings. The number of aryl methyl sites for hydroxylation is 6. The van der Waals surface area contributed by atoms with Crippen molar-refractivity contribution < 1.29 is 9.47 Å². The maximum absolute atomic E-state index is 5.81. The lowest BCUT2D eigenvalue weighted by molar-refractivity contribution is -0.00272. The smallest absolute Gasteiger partial charge is 0.145 e. The number of ether oxygens (including phenoxy) is 2. The molecule has 44 heavy (non-hydrogen) atoms. The number of nitrogens with zero attached hydrogens (tertiary/aromatic N) is 2. The molecule has 0 aliphatic carbocycles. The third kappa shape index (κ3) is 7.74. The third-order valence-corrected chi connectivity index (χ3v) is 8.38. The summed E-state index contributed by atoms with van der Waals surface area (Å²) >= 11 is 0. The van der Waals surface area contributed by atoms with Gasteiger partial charge in [0.25, 0.3) is 0 Å². The number of benzene rings is 4.